The van der Waals surface area contributed by atoms with E-state index in [1.54, 1.807) is 0 Å². The number of hydrogen-bond acceptors (Lipinski definition) is 3. The van der Waals surface area contributed by atoms with E-state index in [2.05, 4.69) is 5.11 Å². The molecule has 0 saturated heterocycles. The molecular formula is C3H5NaO3. The predicted molar refractivity (Wildman–Crippen MR) is 16.7 cm³/mol. The molecular weight excluding hydrogens is 107 g/mol. The molecule has 1 atom stereocenters. The SMILES string of the molecule is [2H]OC(C(=O)[O-])C([2H])([2H])[2H].[Na+]. The summed E-state index contributed by atoms with van der Waals surface area (Å²) in [4.78, 5) is 9.86. The van der Waals surface area contributed by atoms with Crippen molar-refractivity contribution in [1.29, 1.82) is 1.43 Å². The van der Waals surface area contributed by atoms with Crippen LogP contribution in [-0.2, 0) is 4.79 Å². The van der Waals surface area contributed by atoms with E-state index in [4.69, 9.17) is 5.54 Å². The van der Waals surface area contributed by atoms with Gasteiger partial charge in [-0.15, -0.1) is 0 Å². The Morgan fingerprint density at radius 1 is 2.29 bits per heavy atom. The normalized spacial score (nSPS) is 21.7. The topological polar surface area (TPSA) is 60.4 Å². The van der Waals surface area contributed by atoms with Gasteiger partial charge in [-0.05, 0) is 6.85 Å². The summed E-state index contributed by atoms with van der Waals surface area (Å²) in [6, 6.07) is 0. The van der Waals surface area contributed by atoms with Crippen LogP contribution >= 0.6 is 0 Å². The Morgan fingerprint density at radius 3 is 2.86 bits per heavy atom. The Labute approximate surface area is 69.3 Å². The van der Waals surface area contributed by atoms with E-state index in [0.717, 1.165) is 0 Å². The number of carbonyl (C=O) groups is 1. The fraction of sp³-hybridized carbons (Fsp3) is 0.667. The summed E-state index contributed by atoms with van der Waals surface area (Å²) in [5, 5.41) is 13.3. The molecule has 0 fully saturated rings. The number of carboxylic acids is 1. The summed E-state index contributed by atoms with van der Waals surface area (Å²) in [6.07, 6.45) is -2.16. The van der Waals surface area contributed by atoms with Crippen molar-refractivity contribution in [3.8, 4) is 0 Å². The summed E-state index contributed by atoms with van der Waals surface area (Å²) in [7, 11) is 0. The summed E-state index contributed by atoms with van der Waals surface area (Å²) in [5.74, 6) is -1.91. The van der Waals surface area contributed by atoms with Crippen LogP contribution in [0.5, 0.6) is 0 Å². The molecule has 7 heavy (non-hydrogen) atoms. The molecule has 4 heteroatoms. The maximum Gasteiger partial charge on any atom is 1.00 e. The van der Waals surface area contributed by atoms with Gasteiger partial charge in [0, 0.05) is 4.11 Å². The molecule has 0 aliphatic heterocycles. The first kappa shape index (κ1) is 3.45. The van der Waals surface area contributed by atoms with Gasteiger partial charge in [-0.25, -0.2) is 0 Å². The third-order valence-electron chi connectivity index (χ3n) is 0.214. The van der Waals surface area contributed by atoms with E-state index in [9.17, 15) is 9.90 Å². The minimum absolute atomic E-state index is 0. The van der Waals surface area contributed by atoms with Gasteiger partial charge in [0.05, 0.1) is 12.1 Å². The van der Waals surface area contributed by atoms with Gasteiger partial charge in [-0.3, -0.25) is 0 Å². The third-order valence-corrected chi connectivity index (χ3v) is 0.214. The smallest absolute Gasteiger partial charge is 0.547 e. The Kier molecular flexibility index (Phi) is 2.26. The number of hydrogen-bond donors (Lipinski definition) is 1. The molecule has 0 aromatic heterocycles. The van der Waals surface area contributed by atoms with Gasteiger partial charge >= 0.3 is 29.6 Å². The van der Waals surface area contributed by atoms with Gasteiger partial charge in [0.15, 0.2) is 0 Å². The molecule has 0 aromatic rings. The van der Waals surface area contributed by atoms with Gasteiger partial charge in [-0.1, -0.05) is 0 Å². The van der Waals surface area contributed by atoms with Crippen molar-refractivity contribution in [1.82, 2.24) is 0 Å². The summed E-state index contributed by atoms with van der Waals surface area (Å²) in [6.45, 7) is -2.83. The Bertz CT molecular complexity index is 135. The zero-order chi connectivity index (χ0) is 8.36. The minimum Gasteiger partial charge on any atom is -0.547 e. The second kappa shape index (κ2) is 4.59. The molecule has 0 spiro atoms. The monoisotopic (exact) mass is 116 g/mol. The number of rotatable bonds is 2. The van der Waals surface area contributed by atoms with Crippen LogP contribution in [0.3, 0.4) is 0 Å². The summed E-state index contributed by atoms with van der Waals surface area (Å²) < 4.78 is 25.5. The van der Waals surface area contributed by atoms with Crippen molar-refractivity contribution in [2.45, 2.75) is 13.0 Å². The molecule has 0 amide bonds. The molecule has 3 nitrogen and oxygen atoms in total. The molecule has 1 unspecified atom stereocenters. The maximum atomic E-state index is 9.86. The molecule has 0 bridgehead atoms. The van der Waals surface area contributed by atoms with E-state index in [1.807, 2.05) is 0 Å². The Hall–Kier alpha value is 0.430. The van der Waals surface area contributed by atoms with Crippen LogP contribution in [-0.4, -0.2) is 18.6 Å². The molecule has 0 saturated carbocycles. The fourth-order valence-corrected chi connectivity index (χ4v) is 0. The molecule has 0 radical (unpaired) electrons. The first-order valence-corrected chi connectivity index (χ1v) is 1.22. The van der Waals surface area contributed by atoms with Crippen molar-refractivity contribution in [3.63, 3.8) is 0 Å². The minimum atomic E-state index is -2.83. The number of aliphatic carboxylic acids is 1. The van der Waals surface area contributed by atoms with Crippen LogP contribution in [0.15, 0.2) is 0 Å². The quantitative estimate of drug-likeness (QED) is 0.368. The van der Waals surface area contributed by atoms with Crippen molar-refractivity contribution < 1.29 is 48.7 Å². The average Bonchev–Trinajstić information content (AvgIpc) is 1.60. The van der Waals surface area contributed by atoms with Crippen molar-refractivity contribution in [3.05, 3.63) is 0 Å². The molecule has 0 aromatic carbocycles. The van der Waals surface area contributed by atoms with Gasteiger partial charge in [0.25, 0.3) is 0 Å². The second-order valence-electron chi connectivity index (χ2n) is 0.699. The van der Waals surface area contributed by atoms with Crippen LogP contribution < -0.4 is 34.7 Å². The van der Waals surface area contributed by atoms with E-state index in [-0.39, 0.29) is 29.6 Å². The summed E-state index contributed by atoms with van der Waals surface area (Å²) in [5.41, 5.74) is 0. The molecule has 0 rings (SSSR count). The van der Waals surface area contributed by atoms with E-state index >= 15 is 0 Å². The van der Waals surface area contributed by atoms with Gasteiger partial charge in [-0.2, -0.15) is 0 Å². The number of aliphatic hydroxyl groups is 1. The van der Waals surface area contributed by atoms with Crippen molar-refractivity contribution in [2.24, 2.45) is 0 Å². The van der Waals surface area contributed by atoms with Crippen LogP contribution in [0.1, 0.15) is 11.0 Å². The van der Waals surface area contributed by atoms with Crippen molar-refractivity contribution in [2.75, 3.05) is 0 Å². The number of carboxylic acid groups (broad SMARTS) is 1. The zero-order valence-corrected chi connectivity index (χ0v) is 5.80. The standard InChI is InChI=1S/C3H6O3.Na/c1-2(4)3(5)6;/h2,4H,1H3,(H,5,6);/q;+1/p-1/i1D3,4D;. The predicted octanol–water partition coefficient (Wildman–Crippen LogP) is -4.88. The van der Waals surface area contributed by atoms with E-state index in [1.165, 1.54) is 0 Å². The largest absolute Gasteiger partial charge is 1.00 e. The van der Waals surface area contributed by atoms with Crippen LogP contribution in [0.2, 0.25) is 0 Å². The van der Waals surface area contributed by atoms with E-state index in [0.29, 0.717) is 0 Å². The first-order valence-electron chi connectivity index (χ1n) is 3.13. The van der Waals surface area contributed by atoms with Gasteiger partial charge in [0.2, 0.25) is 1.43 Å². The van der Waals surface area contributed by atoms with Crippen LogP contribution in [0.4, 0.5) is 0 Å². The molecule has 0 aliphatic rings. The Morgan fingerprint density at radius 2 is 2.86 bits per heavy atom. The first-order chi connectivity index (χ1) is 4.39. The average molecular weight is 116 g/mol. The van der Waals surface area contributed by atoms with Crippen LogP contribution in [0, 0.1) is 0 Å². The van der Waals surface area contributed by atoms with Gasteiger partial charge in [0.1, 0.15) is 0 Å². The Balaban J connectivity index is 0. The van der Waals surface area contributed by atoms with Gasteiger partial charge < -0.3 is 15.0 Å². The number of carbonyl (C=O) groups excluding carboxylic acids is 1. The zero-order valence-electron chi connectivity index (χ0n) is 7.80. The summed E-state index contributed by atoms with van der Waals surface area (Å²) >= 11 is 0. The molecule has 0 aliphatic carbocycles. The molecule has 0 heterocycles. The fourth-order valence-electron chi connectivity index (χ4n) is 0. The van der Waals surface area contributed by atoms with E-state index < -0.39 is 18.9 Å². The molecule has 36 valence electrons. The molecule has 1 N–H and O–H groups in total. The number of aliphatic hydroxyl groups excluding tert-OH is 1. The third kappa shape index (κ3) is 6.43. The van der Waals surface area contributed by atoms with Crippen LogP contribution in [0.25, 0.3) is 0 Å². The van der Waals surface area contributed by atoms with Crippen molar-refractivity contribution >= 4 is 5.97 Å². The second-order valence-corrected chi connectivity index (χ2v) is 0.699. The maximum absolute atomic E-state index is 9.86.